The molecule has 0 bridgehead atoms. The lowest BCUT2D eigenvalue weighted by Crippen LogP contribution is -2.21. The number of halogens is 2. The van der Waals surface area contributed by atoms with Crippen LogP contribution in [0.3, 0.4) is 0 Å². The van der Waals surface area contributed by atoms with E-state index in [-0.39, 0.29) is 10.8 Å². The van der Waals surface area contributed by atoms with Gasteiger partial charge in [0.2, 0.25) is 0 Å². The van der Waals surface area contributed by atoms with Gasteiger partial charge in [0.05, 0.1) is 10.4 Å². The van der Waals surface area contributed by atoms with Gasteiger partial charge in [0.1, 0.15) is 5.82 Å². The normalized spacial score (nSPS) is 13.6. The zero-order valence-corrected chi connectivity index (χ0v) is 11.4. The van der Waals surface area contributed by atoms with Gasteiger partial charge >= 0.3 is 0 Å². The Balaban J connectivity index is 2.43. The van der Waals surface area contributed by atoms with Crippen molar-refractivity contribution >= 4 is 29.0 Å². The van der Waals surface area contributed by atoms with Crippen molar-refractivity contribution in [2.24, 2.45) is 5.41 Å². The highest BCUT2D eigenvalue weighted by molar-refractivity contribution is 6.32. The van der Waals surface area contributed by atoms with Crippen LogP contribution in [0.5, 0.6) is 0 Å². The van der Waals surface area contributed by atoms with Crippen LogP contribution in [0.1, 0.15) is 27.2 Å². The fraction of sp³-hybridized carbons (Fsp3) is 0.583. The van der Waals surface area contributed by atoms with Gasteiger partial charge in [0.15, 0.2) is 0 Å². The minimum atomic E-state index is 0.0815. The molecule has 0 fully saturated rings. The Morgan fingerprint density at radius 1 is 1.44 bits per heavy atom. The Kier molecular flexibility index (Phi) is 4.88. The van der Waals surface area contributed by atoms with Gasteiger partial charge in [-0.3, -0.25) is 0 Å². The molecule has 0 aliphatic heterocycles. The van der Waals surface area contributed by atoms with Gasteiger partial charge in [-0.25, -0.2) is 4.98 Å². The average molecular weight is 261 g/mol. The summed E-state index contributed by atoms with van der Waals surface area (Å²) in [6.45, 7) is 7.21. The number of anilines is 1. The summed E-state index contributed by atoms with van der Waals surface area (Å²) >= 11 is 12.2. The molecule has 0 aliphatic rings. The fourth-order valence-corrected chi connectivity index (χ4v) is 2.19. The number of rotatable bonds is 4. The van der Waals surface area contributed by atoms with Crippen molar-refractivity contribution in [3.8, 4) is 0 Å². The van der Waals surface area contributed by atoms with Gasteiger partial charge in [-0.05, 0) is 24.0 Å². The molecule has 4 heteroatoms. The van der Waals surface area contributed by atoms with Gasteiger partial charge in [0.25, 0.3) is 0 Å². The van der Waals surface area contributed by atoms with Crippen LogP contribution < -0.4 is 5.32 Å². The van der Waals surface area contributed by atoms with E-state index in [1.54, 1.807) is 12.3 Å². The molecule has 1 atom stereocenters. The van der Waals surface area contributed by atoms with Crippen LogP contribution in [0, 0.1) is 5.41 Å². The highest BCUT2D eigenvalue weighted by atomic mass is 35.5. The minimum absolute atomic E-state index is 0.0815. The first-order valence-corrected chi connectivity index (χ1v) is 6.18. The van der Waals surface area contributed by atoms with E-state index >= 15 is 0 Å². The SMILES string of the molecule is CC(C)(C)CC(Cl)CNc1ncccc1Cl. The molecule has 1 heterocycles. The zero-order valence-electron chi connectivity index (χ0n) is 9.93. The first kappa shape index (κ1) is 13.6. The quantitative estimate of drug-likeness (QED) is 0.822. The standard InChI is InChI=1S/C12H18Cl2N2/c1-12(2,3)7-9(13)8-16-11-10(14)5-4-6-15-11/h4-6,9H,7-8H2,1-3H3,(H,15,16). The second-order valence-corrected chi connectivity index (χ2v) is 6.10. The number of hydrogen-bond donors (Lipinski definition) is 1. The third-order valence-corrected chi connectivity index (χ3v) is 2.70. The molecule has 0 saturated heterocycles. The predicted octanol–water partition coefficient (Wildman–Crippen LogP) is 4.19. The minimum Gasteiger partial charge on any atom is -0.367 e. The van der Waals surface area contributed by atoms with E-state index in [4.69, 9.17) is 23.2 Å². The molecule has 1 unspecified atom stereocenters. The average Bonchev–Trinajstić information content (AvgIpc) is 2.14. The molecule has 0 amide bonds. The molecule has 1 aromatic heterocycles. The highest BCUT2D eigenvalue weighted by Crippen LogP contribution is 2.24. The van der Waals surface area contributed by atoms with E-state index in [2.05, 4.69) is 31.1 Å². The zero-order chi connectivity index (χ0) is 12.2. The summed E-state index contributed by atoms with van der Waals surface area (Å²) < 4.78 is 0. The van der Waals surface area contributed by atoms with E-state index in [1.807, 2.05) is 6.07 Å². The van der Waals surface area contributed by atoms with Crippen LogP contribution in [0.2, 0.25) is 5.02 Å². The summed E-state index contributed by atoms with van der Waals surface area (Å²) in [6.07, 6.45) is 2.66. The van der Waals surface area contributed by atoms with Crippen molar-refractivity contribution in [1.29, 1.82) is 0 Å². The summed E-state index contributed by atoms with van der Waals surface area (Å²) in [5.41, 5.74) is 0.238. The molecule has 1 aromatic rings. The third kappa shape index (κ3) is 5.04. The van der Waals surface area contributed by atoms with E-state index < -0.39 is 0 Å². The van der Waals surface area contributed by atoms with Gasteiger partial charge < -0.3 is 5.32 Å². The predicted molar refractivity (Wildman–Crippen MR) is 71.4 cm³/mol. The number of pyridine rings is 1. The lowest BCUT2D eigenvalue weighted by molar-refractivity contribution is 0.373. The first-order chi connectivity index (χ1) is 7.38. The van der Waals surface area contributed by atoms with E-state index in [1.165, 1.54) is 0 Å². The van der Waals surface area contributed by atoms with Crippen LogP contribution in [0.25, 0.3) is 0 Å². The summed E-state index contributed by atoms with van der Waals surface area (Å²) in [5.74, 6) is 0.698. The smallest absolute Gasteiger partial charge is 0.144 e. The van der Waals surface area contributed by atoms with Crippen molar-refractivity contribution < 1.29 is 0 Å². The lowest BCUT2D eigenvalue weighted by atomic mass is 9.90. The maximum absolute atomic E-state index is 6.23. The Labute approximate surface area is 107 Å². The second kappa shape index (κ2) is 5.74. The molecular formula is C12H18Cl2N2. The molecule has 1 rings (SSSR count). The topological polar surface area (TPSA) is 24.9 Å². The Morgan fingerprint density at radius 2 is 2.12 bits per heavy atom. The third-order valence-electron chi connectivity index (χ3n) is 2.08. The van der Waals surface area contributed by atoms with Gasteiger partial charge in [-0.15, -0.1) is 11.6 Å². The van der Waals surface area contributed by atoms with E-state index in [9.17, 15) is 0 Å². The largest absolute Gasteiger partial charge is 0.367 e. The number of nitrogens with one attached hydrogen (secondary N) is 1. The Morgan fingerprint density at radius 3 is 2.69 bits per heavy atom. The van der Waals surface area contributed by atoms with Crippen molar-refractivity contribution in [1.82, 2.24) is 4.98 Å². The molecular weight excluding hydrogens is 243 g/mol. The van der Waals surface area contributed by atoms with Crippen LogP contribution in [-0.4, -0.2) is 16.9 Å². The van der Waals surface area contributed by atoms with Crippen LogP contribution in [0.15, 0.2) is 18.3 Å². The molecule has 16 heavy (non-hydrogen) atoms. The second-order valence-electron chi connectivity index (χ2n) is 5.08. The van der Waals surface area contributed by atoms with Crippen molar-refractivity contribution in [3.63, 3.8) is 0 Å². The lowest BCUT2D eigenvalue weighted by Gasteiger charge is -2.22. The molecule has 0 aliphatic carbocycles. The Hall–Kier alpha value is -0.470. The molecule has 0 saturated carbocycles. The van der Waals surface area contributed by atoms with Crippen LogP contribution in [0.4, 0.5) is 5.82 Å². The van der Waals surface area contributed by atoms with Crippen molar-refractivity contribution in [3.05, 3.63) is 23.4 Å². The van der Waals surface area contributed by atoms with Crippen molar-refractivity contribution in [2.75, 3.05) is 11.9 Å². The summed E-state index contributed by atoms with van der Waals surface area (Å²) in [4.78, 5) is 4.15. The Bertz CT molecular complexity index is 334. The van der Waals surface area contributed by atoms with Crippen LogP contribution >= 0.6 is 23.2 Å². The summed E-state index contributed by atoms with van der Waals surface area (Å²) in [5, 5.41) is 3.87. The molecule has 0 aromatic carbocycles. The van der Waals surface area contributed by atoms with Gasteiger partial charge in [-0.2, -0.15) is 0 Å². The maximum atomic E-state index is 6.23. The summed E-state index contributed by atoms with van der Waals surface area (Å²) in [7, 11) is 0. The van der Waals surface area contributed by atoms with Gasteiger partial charge in [-0.1, -0.05) is 32.4 Å². The molecule has 1 N–H and O–H groups in total. The van der Waals surface area contributed by atoms with Crippen molar-refractivity contribution in [2.45, 2.75) is 32.6 Å². The van der Waals surface area contributed by atoms with E-state index in [0.29, 0.717) is 17.4 Å². The molecule has 2 nitrogen and oxygen atoms in total. The number of alkyl halides is 1. The highest BCUT2D eigenvalue weighted by Gasteiger charge is 2.16. The summed E-state index contributed by atoms with van der Waals surface area (Å²) in [6, 6.07) is 3.62. The number of aromatic nitrogens is 1. The monoisotopic (exact) mass is 260 g/mol. The maximum Gasteiger partial charge on any atom is 0.144 e. The molecule has 90 valence electrons. The number of hydrogen-bond acceptors (Lipinski definition) is 2. The fourth-order valence-electron chi connectivity index (χ4n) is 1.46. The van der Waals surface area contributed by atoms with E-state index in [0.717, 1.165) is 6.42 Å². The molecule has 0 radical (unpaired) electrons. The van der Waals surface area contributed by atoms with Crippen LogP contribution in [-0.2, 0) is 0 Å². The molecule has 0 spiro atoms. The van der Waals surface area contributed by atoms with Gasteiger partial charge in [0, 0.05) is 12.7 Å². The first-order valence-electron chi connectivity index (χ1n) is 5.37. The number of nitrogens with zero attached hydrogens (tertiary/aromatic N) is 1.